The number of hydrogen-bond acceptors (Lipinski definition) is 3. The lowest BCUT2D eigenvalue weighted by molar-refractivity contribution is -0.121. The number of amides is 1. The Morgan fingerprint density at radius 2 is 1.88 bits per heavy atom. The number of likely N-dealkylation sites (tertiary alicyclic amines) is 1. The fourth-order valence-electron chi connectivity index (χ4n) is 3.29. The molecule has 5 heteroatoms. The Morgan fingerprint density at radius 1 is 1.20 bits per heavy atom. The summed E-state index contributed by atoms with van der Waals surface area (Å²) < 4.78 is 0. The summed E-state index contributed by atoms with van der Waals surface area (Å²) in [7, 11) is 0. The molecule has 1 heterocycles. The van der Waals surface area contributed by atoms with Crippen LogP contribution in [0.15, 0.2) is 24.3 Å². The predicted octanol–water partition coefficient (Wildman–Crippen LogP) is 3.79. The molecule has 0 aromatic heterocycles. The Morgan fingerprint density at radius 3 is 2.52 bits per heavy atom. The third-order valence-electron chi connectivity index (χ3n) is 4.67. The van der Waals surface area contributed by atoms with Crippen LogP contribution < -0.4 is 5.32 Å². The van der Waals surface area contributed by atoms with Gasteiger partial charge in [0.2, 0.25) is 5.91 Å². The molecule has 0 radical (unpaired) electrons. The predicted molar refractivity (Wildman–Crippen MR) is 102 cm³/mol. The SMILES string of the molecule is CC(C)CN1CCC(CNC(=O)CCC(=O)c2ccccc2Cl)CC1. The Bertz CT molecular complexity index is 581. The number of ketones is 1. The van der Waals surface area contributed by atoms with Gasteiger partial charge in [-0.25, -0.2) is 0 Å². The second-order valence-corrected chi connectivity index (χ2v) is 7.75. The van der Waals surface area contributed by atoms with Crippen LogP contribution in [0.2, 0.25) is 5.02 Å². The summed E-state index contributed by atoms with van der Waals surface area (Å²) >= 11 is 6.01. The molecule has 1 aromatic carbocycles. The molecule has 1 aromatic rings. The van der Waals surface area contributed by atoms with Crippen LogP contribution in [0.25, 0.3) is 0 Å². The van der Waals surface area contributed by atoms with Crippen molar-refractivity contribution in [3.8, 4) is 0 Å². The molecular formula is C20H29ClN2O2. The number of nitrogens with zero attached hydrogens (tertiary/aromatic N) is 1. The summed E-state index contributed by atoms with van der Waals surface area (Å²) in [5.41, 5.74) is 0.495. The summed E-state index contributed by atoms with van der Waals surface area (Å²) in [6, 6.07) is 6.97. The van der Waals surface area contributed by atoms with Crippen molar-refractivity contribution in [3.05, 3.63) is 34.9 Å². The van der Waals surface area contributed by atoms with Crippen molar-refractivity contribution >= 4 is 23.3 Å². The third kappa shape index (κ3) is 6.79. The van der Waals surface area contributed by atoms with Gasteiger partial charge in [-0.15, -0.1) is 0 Å². The van der Waals surface area contributed by atoms with Gasteiger partial charge in [-0.2, -0.15) is 0 Å². The number of Topliss-reactive ketones (excluding diaryl/α,β-unsaturated/α-hetero) is 1. The van der Waals surface area contributed by atoms with E-state index >= 15 is 0 Å². The zero-order valence-electron chi connectivity index (χ0n) is 15.3. The Balaban J connectivity index is 1.65. The summed E-state index contributed by atoms with van der Waals surface area (Å²) in [4.78, 5) is 26.6. The van der Waals surface area contributed by atoms with Crippen molar-refractivity contribution in [3.63, 3.8) is 0 Å². The first-order valence-corrected chi connectivity index (χ1v) is 9.60. The number of hydrogen-bond donors (Lipinski definition) is 1. The van der Waals surface area contributed by atoms with Gasteiger partial charge in [0.1, 0.15) is 0 Å². The zero-order valence-corrected chi connectivity index (χ0v) is 16.0. The van der Waals surface area contributed by atoms with Crippen LogP contribution in [-0.4, -0.2) is 42.8 Å². The standard InChI is InChI=1S/C20H29ClN2O2/c1-15(2)14-23-11-9-16(10-12-23)13-22-20(25)8-7-19(24)17-5-3-4-6-18(17)21/h3-6,15-16H,7-14H2,1-2H3,(H,22,25). The molecular weight excluding hydrogens is 336 g/mol. The molecule has 0 atom stereocenters. The lowest BCUT2D eigenvalue weighted by Crippen LogP contribution is -2.40. The molecule has 0 bridgehead atoms. The topological polar surface area (TPSA) is 49.4 Å². The van der Waals surface area contributed by atoms with Crippen LogP contribution in [0, 0.1) is 11.8 Å². The van der Waals surface area contributed by atoms with E-state index in [4.69, 9.17) is 11.6 Å². The maximum atomic E-state index is 12.1. The largest absolute Gasteiger partial charge is 0.356 e. The second kappa shape index (κ2) is 9.93. The molecule has 0 unspecified atom stereocenters. The summed E-state index contributed by atoms with van der Waals surface area (Å²) in [5.74, 6) is 1.12. The van der Waals surface area contributed by atoms with E-state index in [0.29, 0.717) is 29.0 Å². The van der Waals surface area contributed by atoms with Gasteiger partial charge in [-0.05, 0) is 49.9 Å². The minimum atomic E-state index is -0.0808. The van der Waals surface area contributed by atoms with Crippen LogP contribution in [0.4, 0.5) is 0 Å². The maximum Gasteiger partial charge on any atom is 0.220 e. The van der Waals surface area contributed by atoms with E-state index in [1.165, 1.54) is 0 Å². The smallest absolute Gasteiger partial charge is 0.220 e. The van der Waals surface area contributed by atoms with Gasteiger partial charge in [0.05, 0.1) is 5.02 Å². The number of carbonyl (C=O) groups excluding carboxylic acids is 2. The fourth-order valence-corrected chi connectivity index (χ4v) is 3.53. The molecule has 2 rings (SSSR count). The van der Waals surface area contributed by atoms with E-state index in [0.717, 1.165) is 32.5 Å². The molecule has 0 spiro atoms. The number of carbonyl (C=O) groups is 2. The summed E-state index contributed by atoms with van der Waals surface area (Å²) in [6.45, 7) is 8.59. The van der Waals surface area contributed by atoms with Gasteiger partial charge in [0.25, 0.3) is 0 Å². The second-order valence-electron chi connectivity index (χ2n) is 7.34. The first-order chi connectivity index (χ1) is 12.0. The number of halogens is 1. The van der Waals surface area contributed by atoms with E-state index in [1.807, 2.05) is 0 Å². The van der Waals surface area contributed by atoms with Crippen molar-refractivity contribution < 1.29 is 9.59 Å². The number of nitrogens with one attached hydrogen (secondary N) is 1. The molecule has 138 valence electrons. The van der Waals surface area contributed by atoms with E-state index in [2.05, 4.69) is 24.1 Å². The molecule has 4 nitrogen and oxygen atoms in total. The highest BCUT2D eigenvalue weighted by atomic mass is 35.5. The van der Waals surface area contributed by atoms with Crippen molar-refractivity contribution in [2.24, 2.45) is 11.8 Å². The quantitative estimate of drug-likeness (QED) is 0.714. The van der Waals surface area contributed by atoms with Gasteiger partial charge in [0, 0.05) is 31.5 Å². The molecule has 1 aliphatic rings. The fraction of sp³-hybridized carbons (Fsp3) is 0.600. The van der Waals surface area contributed by atoms with Gasteiger partial charge < -0.3 is 10.2 Å². The molecule has 1 N–H and O–H groups in total. The van der Waals surface area contributed by atoms with E-state index in [1.54, 1.807) is 24.3 Å². The number of benzene rings is 1. The lowest BCUT2D eigenvalue weighted by atomic mass is 9.96. The average molecular weight is 365 g/mol. The maximum absolute atomic E-state index is 12.1. The molecule has 25 heavy (non-hydrogen) atoms. The Labute approximate surface area is 155 Å². The van der Waals surface area contributed by atoms with Crippen LogP contribution in [0.1, 0.15) is 49.9 Å². The van der Waals surface area contributed by atoms with Crippen LogP contribution in [0.3, 0.4) is 0 Å². The van der Waals surface area contributed by atoms with Gasteiger partial charge in [-0.3, -0.25) is 9.59 Å². The van der Waals surface area contributed by atoms with Crippen molar-refractivity contribution in [1.82, 2.24) is 10.2 Å². The first-order valence-electron chi connectivity index (χ1n) is 9.22. The number of rotatable bonds is 8. The average Bonchev–Trinajstić information content (AvgIpc) is 2.59. The van der Waals surface area contributed by atoms with Crippen molar-refractivity contribution in [1.29, 1.82) is 0 Å². The van der Waals surface area contributed by atoms with E-state index in [9.17, 15) is 9.59 Å². The molecule has 1 saturated heterocycles. The highest BCUT2D eigenvalue weighted by Gasteiger charge is 2.20. The van der Waals surface area contributed by atoms with Crippen molar-refractivity contribution in [2.45, 2.75) is 39.5 Å². The van der Waals surface area contributed by atoms with Crippen LogP contribution >= 0.6 is 11.6 Å². The summed E-state index contributed by atoms with van der Waals surface area (Å²) in [5, 5.41) is 3.43. The van der Waals surface area contributed by atoms with Crippen LogP contribution in [0.5, 0.6) is 0 Å². The minimum absolute atomic E-state index is 0.0509. The van der Waals surface area contributed by atoms with Gasteiger partial charge in [0.15, 0.2) is 5.78 Å². The highest BCUT2D eigenvalue weighted by molar-refractivity contribution is 6.34. The normalized spacial score (nSPS) is 16.2. The van der Waals surface area contributed by atoms with Gasteiger partial charge in [-0.1, -0.05) is 37.6 Å². The molecule has 0 saturated carbocycles. The molecule has 0 aliphatic carbocycles. The Kier molecular flexibility index (Phi) is 7.91. The Hall–Kier alpha value is -1.39. The lowest BCUT2D eigenvalue weighted by Gasteiger charge is -2.33. The molecule has 1 fully saturated rings. The van der Waals surface area contributed by atoms with Crippen LogP contribution in [-0.2, 0) is 4.79 Å². The molecule has 1 aliphatic heterocycles. The number of piperidine rings is 1. The van der Waals surface area contributed by atoms with E-state index < -0.39 is 0 Å². The first kappa shape index (κ1) is 19.9. The summed E-state index contributed by atoms with van der Waals surface area (Å²) in [6.07, 6.45) is 2.68. The molecule has 1 amide bonds. The highest BCUT2D eigenvalue weighted by Crippen LogP contribution is 2.18. The van der Waals surface area contributed by atoms with Crippen molar-refractivity contribution in [2.75, 3.05) is 26.2 Å². The van der Waals surface area contributed by atoms with Gasteiger partial charge >= 0.3 is 0 Å². The zero-order chi connectivity index (χ0) is 18.2. The third-order valence-corrected chi connectivity index (χ3v) is 5.00. The monoisotopic (exact) mass is 364 g/mol. The minimum Gasteiger partial charge on any atom is -0.356 e. The van der Waals surface area contributed by atoms with E-state index in [-0.39, 0.29) is 24.5 Å².